The van der Waals surface area contributed by atoms with E-state index in [9.17, 15) is 9.59 Å². The zero-order chi connectivity index (χ0) is 19.6. The first-order valence-corrected chi connectivity index (χ1v) is 9.62. The highest BCUT2D eigenvalue weighted by Crippen LogP contribution is 2.25. The predicted octanol–water partition coefficient (Wildman–Crippen LogP) is 4.67. The Bertz CT molecular complexity index is 849. The van der Waals surface area contributed by atoms with E-state index in [0.717, 1.165) is 30.6 Å². The zero-order valence-electron chi connectivity index (χ0n) is 16.6. The molecule has 0 bridgehead atoms. The van der Waals surface area contributed by atoms with Gasteiger partial charge in [-0.1, -0.05) is 43.7 Å². The first kappa shape index (κ1) is 19.2. The number of nitrogens with one attached hydrogen (secondary N) is 1. The summed E-state index contributed by atoms with van der Waals surface area (Å²) in [5, 5.41) is 2.94. The molecule has 27 heavy (non-hydrogen) atoms. The molecule has 1 N–H and O–H groups in total. The highest BCUT2D eigenvalue weighted by atomic mass is 16.2. The third kappa shape index (κ3) is 4.38. The van der Waals surface area contributed by atoms with Gasteiger partial charge in [-0.05, 0) is 55.9 Å². The van der Waals surface area contributed by atoms with Crippen LogP contribution in [0.1, 0.15) is 52.1 Å². The summed E-state index contributed by atoms with van der Waals surface area (Å²) in [5.74, 6) is 0.794. The number of para-hydroxylation sites is 1. The maximum atomic E-state index is 13.1. The van der Waals surface area contributed by atoms with E-state index in [1.165, 1.54) is 0 Å². The molecule has 4 heteroatoms. The number of piperidine rings is 1. The van der Waals surface area contributed by atoms with Crippen molar-refractivity contribution in [3.8, 4) is 0 Å². The zero-order valence-corrected chi connectivity index (χ0v) is 16.6. The summed E-state index contributed by atoms with van der Waals surface area (Å²) in [6.45, 7) is 9.83. The molecule has 1 aliphatic rings. The molecule has 1 aliphatic heterocycles. The Morgan fingerprint density at radius 2 is 1.63 bits per heavy atom. The molecule has 2 aromatic carbocycles. The van der Waals surface area contributed by atoms with Crippen LogP contribution in [-0.2, 0) is 0 Å². The van der Waals surface area contributed by atoms with Gasteiger partial charge in [0.05, 0.1) is 11.3 Å². The summed E-state index contributed by atoms with van der Waals surface area (Å²) in [7, 11) is 0. The number of aryl methyl sites for hydroxylation is 2. The first-order valence-electron chi connectivity index (χ1n) is 9.62. The van der Waals surface area contributed by atoms with Crippen molar-refractivity contribution < 1.29 is 9.59 Å². The van der Waals surface area contributed by atoms with Crippen LogP contribution >= 0.6 is 0 Å². The van der Waals surface area contributed by atoms with Gasteiger partial charge in [0.1, 0.15) is 0 Å². The van der Waals surface area contributed by atoms with Crippen molar-refractivity contribution in [2.45, 2.75) is 34.1 Å². The summed E-state index contributed by atoms with van der Waals surface area (Å²) < 4.78 is 0. The van der Waals surface area contributed by atoms with Gasteiger partial charge in [-0.25, -0.2) is 0 Å². The minimum absolute atomic E-state index is 0.00933. The van der Waals surface area contributed by atoms with Crippen molar-refractivity contribution in [1.82, 2.24) is 4.90 Å². The number of likely N-dealkylation sites (tertiary alicyclic amines) is 1. The van der Waals surface area contributed by atoms with Crippen molar-refractivity contribution >= 4 is 17.5 Å². The van der Waals surface area contributed by atoms with Crippen LogP contribution in [0.3, 0.4) is 0 Å². The average molecular weight is 364 g/mol. The Kier molecular flexibility index (Phi) is 5.64. The van der Waals surface area contributed by atoms with Crippen molar-refractivity contribution in [2.75, 3.05) is 18.4 Å². The highest BCUT2D eigenvalue weighted by Gasteiger charge is 2.27. The summed E-state index contributed by atoms with van der Waals surface area (Å²) in [4.78, 5) is 27.8. The van der Waals surface area contributed by atoms with E-state index in [4.69, 9.17) is 0 Å². The number of benzene rings is 2. The number of carbonyl (C=O) groups excluding carboxylic acids is 2. The van der Waals surface area contributed by atoms with Crippen LogP contribution < -0.4 is 5.32 Å². The molecule has 0 aromatic heterocycles. The Hall–Kier alpha value is -2.62. The van der Waals surface area contributed by atoms with Gasteiger partial charge in [0, 0.05) is 18.7 Å². The molecule has 0 saturated carbocycles. The monoisotopic (exact) mass is 364 g/mol. The number of hydrogen-bond donors (Lipinski definition) is 1. The van der Waals surface area contributed by atoms with E-state index < -0.39 is 0 Å². The Balaban J connectivity index is 1.83. The molecule has 2 amide bonds. The van der Waals surface area contributed by atoms with Crippen molar-refractivity contribution in [3.05, 3.63) is 64.7 Å². The lowest BCUT2D eigenvalue weighted by Gasteiger charge is -2.35. The maximum Gasteiger partial charge on any atom is 0.255 e. The second kappa shape index (κ2) is 7.95. The fourth-order valence-corrected chi connectivity index (χ4v) is 4.04. The summed E-state index contributed by atoms with van der Waals surface area (Å²) in [6, 6.07) is 13.0. The fourth-order valence-electron chi connectivity index (χ4n) is 4.04. The second-order valence-electron chi connectivity index (χ2n) is 7.97. The quantitative estimate of drug-likeness (QED) is 0.860. The topological polar surface area (TPSA) is 49.4 Å². The second-order valence-corrected chi connectivity index (χ2v) is 7.97. The van der Waals surface area contributed by atoms with Crippen molar-refractivity contribution in [2.24, 2.45) is 11.8 Å². The summed E-state index contributed by atoms with van der Waals surface area (Å²) >= 11 is 0. The molecule has 1 saturated heterocycles. The molecule has 2 aromatic rings. The molecule has 4 nitrogen and oxygen atoms in total. The number of rotatable bonds is 3. The molecule has 2 unspecified atom stereocenters. The Morgan fingerprint density at radius 3 is 2.30 bits per heavy atom. The Labute approximate surface area is 161 Å². The third-order valence-corrected chi connectivity index (χ3v) is 5.19. The van der Waals surface area contributed by atoms with E-state index in [1.807, 2.05) is 49.1 Å². The van der Waals surface area contributed by atoms with Gasteiger partial charge in [0.2, 0.25) is 0 Å². The van der Waals surface area contributed by atoms with Gasteiger partial charge in [0.25, 0.3) is 11.8 Å². The maximum absolute atomic E-state index is 13.1. The molecule has 1 heterocycles. The normalized spacial score (nSPS) is 19.6. The van der Waals surface area contributed by atoms with Crippen LogP contribution in [0.5, 0.6) is 0 Å². The van der Waals surface area contributed by atoms with E-state index in [-0.39, 0.29) is 11.8 Å². The van der Waals surface area contributed by atoms with Crippen molar-refractivity contribution in [1.29, 1.82) is 0 Å². The lowest BCUT2D eigenvalue weighted by Crippen LogP contribution is -2.42. The smallest absolute Gasteiger partial charge is 0.255 e. The van der Waals surface area contributed by atoms with E-state index in [0.29, 0.717) is 28.7 Å². The molecule has 0 aliphatic carbocycles. The third-order valence-electron chi connectivity index (χ3n) is 5.19. The first-order chi connectivity index (χ1) is 12.8. The molecular weight excluding hydrogens is 336 g/mol. The molecule has 0 radical (unpaired) electrons. The van der Waals surface area contributed by atoms with E-state index >= 15 is 0 Å². The van der Waals surface area contributed by atoms with Gasteiger partial charge in [-0.3, -0.25) is 9.59 Å². The number of hydrogen-bond acceptors (Lipinski definition) is 2. The van der Waals surface area contributed by atoms with Gasteiger partial charge < -0.3 is 10.2 Å². The van der Waals surface area contributed by atoms with Gasteiger partial charge in [-0.15, -0.1) is 0 Å². The largest absolute Gasteiger partial charge is 0.338 e. The molecule has 2 atom stereocenters. The van der Waals surface area contributed by atoms with Crippen LogP contribution in [0.15, 0.2) is 42.5 Å². The van der Waals surface area contributed by atoms with Gasteiger partial charge >= 0.3 is 0 Å². The standard InChI is InChI=1S/C23H28N2O2/c1-15-9-10-19(18(4)12-15)22(26)24-21-8-6-5-7-20(21)23(27)25-13-16(2)11-17(3)14-25/h5-10,12,16-17H,11,13-14H2,1-4H3,(H,24,26). The summed E-state index contributed by atoms with van der Waals surface area (Å²) in [6.07, 6.45) is 1.15. The van der Waals surface area contributed by atoms with Crippen molar-refractivity contribution in [3.63, 3.8) is 0 Å². The van der Waals surface area contributed by atoms with E-state index in [1.54, 1.807) is 12.1 Å². The SMILES string of the molecule is Cc1ccc(C(=O)Nc2ccccc2C(=O)N2CC(C)CC(C)C2)c(C)c1. The average Bonchev–Trinajstić information content (AvgIpc) is 2.60. The molecular formula is C23H28N2O2. The van der Waals surface area contributed by atoms with Crippen LogP contribution in [0, 0.1) is 25.7 Å². The summed E-state index contributed by atoms with van der Waals surface area (Å²) in [5.41, 5.74) is 3.79. The molecule has 0 spiro atoms. The van der Waals surface area contributed by atoms with Crippen LogP contribution in [0.2, 0.25) is 0 Å². The minimum atomic E-state index is -0.187. The number of anilines is 1. The fraction of sp³-hybridized carbons (Fsp3) is 0.391. The van der Waals surface area contributed by atoms with Crippen LogP contribution in [-0.4, -0.2) is 29.8 Å². The lowest BCUT2D eigenvalue weighted by molar-refractivity contribution is 0.0624. The predicted molar refractivity (Wildman–Crippen MR) is 109 cm³/mol. The molecule has 3 rings (SSSR count). The van der Waals surface area contributed by atoms with Gasteiger partial charge in [-0.2, -0.15) is 0 Å². The molecule has 142 valence electrons. The van der Waals surface area contributed by atoms with Gasteiger partial charge in [0.15, 0.2) is 0 Å². The van der Waals surface area contributed by atoms with Crippen LogP contribution in [0.4, 0.5) is 5.69 Å². The van der Waals surface area contributed by atoms with Crippen LogP contribution in [0.25, 0.3) is 0 Å². The minimum Gasteiger partial charge on any atom is -0.338 e. The number of nitrogens with zero attached hydrogens (tertiary/aromatic N) is 1. The highest BCUT2D eigenvalue weighted by molar-refractivity contribution is 6.09. The number of carbonyl (C=O) groups is 2. The van der Waals surface area contributed by atoms with E-state index in [2.05, 4.69) is 19.2 Å². The lowest BCUT2D eigenvalue weighted by atomic mass is 9.91. The Morgan fingerprint density at radius 1 is 0.963 bits per heavy atom. The number of amides is 2. The molecule has 1 fully saturated rings.